The first kappa shape index (κ1) is 19.4. The van der Waals surface area contributed by atoms with E-state index in [4.69, 9.17) is 5.11 Å². The first-order chi connectivity index (χ1) is 11.3. The van der Waals surface area contributed by atoms with Gasteiger partial charge in [0.1, 0.15) is 6.54 Å². The number of rotatable bonds is 5. The number of benzene rings is 2. The summed E-state index contributed by atoms with van der Waals surface area (Å²) in [5.74, 6) is -0.995. The standard InChI is InChI=1S/C13H17NO3.C7H8/c1-9-4-6-12(7-5-9)14(8-13(16)17)10(2)11(3)15;1-7-5-3-2-4-6-7/h4-7,10H,8H2,1-3H3,(H,16,17);2-6H,1H3. The van der Waals surface area contributed by atoms with Crippen molar-refractivity contribution in [3.63, 3.8) is 0 Å². The van der Waals surface area contributed by atoms with Crippen LogP contribution in [0, 0.1) is 13.8 Å². The van der Waals surface area contributed by atoms with E-state index >= 15 is 0 Å². The highest BCUT2D eigenvalue weighted by Gasteiger charge is 2.20. The van der Waals surface area contributed by atoms with Gasteiger partial charge in [-0.25, -0.2) is 0 Å². The van der Waals surface area contributed by atoms with Gasteiger partial charge in [-0.15, -0.1) is 0 Å². The second-order valence-electron chi connectivity index (χ2n) is 5.80. The second-order valence-corrected chi connectivity index (χ2v) is 5.80. The van der Waals surface area contributed by atoms with Gasteiger partial charge in [0.2, 0.25) is 0 Å². The minimum atomic E-state index is -0.946. The summed E-state index contributed by atoms with van der Waals surface area (Å²) in [4.78, 5) is 23.8. The highest BCUT2D eigenvalue weighted by molar-refractivity contribution is 5.86. The highest BCUT2D eigenvalue weighted by atomic mass is 16.4. The number of Topliss-reactive ketones (excluding diaryl/α,β-unsaturated/α-hetero) is 1. The molecule has 0 aliphatic heterocycles. The molecule has 0 bridgehead atoms. The molecule has 128 valence electrons. The number of nitrogens with zero attached hydrogens (tertiary/aromatic N) is 1. The van der Waals surface area contributed by atoms with E-state index in [1.165, 1.54) is 12.5 Å². The summed E-state index contributed by atoms with van der Waals surface area (Å²) in [6.07, 6.45) is 0. The van der Waals surface area contributed by atoms with Crippen LogP contribution >= 0.6 is 0 Å². The molecule has 0 saturated carbocycles. The Morgan fingerprint density at radius 3 is 1.83 bits per heavy atom. The molecule has 24 heavy (non-hydrogen) atoms. The van der Waals surface area contributed by atoms with Gasteiger partial charge in [0, 0.05) is 5.69 Å². The average Bonchev–Trinajstić information content (AvgIpc) is 2.54. The maximum Gasteiger partial charge on any atom is 0.323 e. The Bertz CT molecular complexity index is 650. The molecule has 0 amide bonds. The quantitative estimate of drug-likeness (QED) is 0.906. The van der Waals surface area contributed by atoms with E-state index in [0.717, 1.165) is 11.3 Å². The van der Waals surface area contributed by atoms with Crippen molar-refractivity contribution in [3.8, 4) is 0 Å². The molecule has 0 saturated heterocycles. The average molecular weight is 327 g/mol. The van der Waals surface area contributed by atoms with Crippen LogP contribution in [-0.4, -0.2) is 29.4 Å². The first-order valence-electron chi connectivity index (χ1n) is 7.88. The van der Waals surface area contributed by atoms with Gasteiger partial charge in [0.15, 0.2) is 5.78 Å². The van der Waals surface area contributed by atoms with Gasteiger partial charge in [-0.05, 0) is 39.8 Å². The lowest BCUT2D eigenvalue weighted by Crippen LogP contribution is -2.41. The maximum absolute atomic E-state index is 11.4. The second kappa shape index (κ2) is 9.50. The van der Waals surface area contributed by atoms with Crippen molar-refractivity contribution in [2.45, 2.75) is 33.7 Å². The van der Waals surface area contributed by atoms with Crippen molar-refractivity contribution in [3.05, 3.63) is 65.7 Å². The van der Waals surface area contributed by atoms with Gasteiger partial charge in [-0.3, -0.25) is 9.59 Å². The van der Waals surface area contributed by atoms with Crippen LogP contribution in [0.3, 0.4) is 0 Å². The SMILES string of the molecule is CC(=O)C(C)N(CC(=O)O)c1ccc(C)cc1.Cc1ccccc1. The van der Waals surface area contributed by atoms with Crippen LogP contribution in [0.4, 0.5) is 5.69 Å². The summed E-state index contributed by atoms with van der Waals surface area (Å²) in [6, 6.07) is 17.3. The van der Waals surface area contributed by atoms with Crippen LogP contribution in [0.1, 0.15) is 25.0 Å². The maximum atomic E-state index is 11.4. The topological polar surface area (TPSA) is 57.6 Å². The van der Waals surface area contributed by atoms with E-state index in [1.54, 1.807) is 11.8 Å². The number of hydrogen-bond acceptors (Lipinski definition) is 3. The zero-order valence-corrected chi connectivity index (χ0v) is 14.7. The number of ketones is 1. The Kier molecular flexibility index (Phi) is 7.69. The van der Waals surface area contributed by atoms with Crippen LogP contribution in [0.25, 0.3) is 0 Å². The summed E-state index contributed by atoms with van der Waals surface area (Å²) in [5, 5.41) is 8.88. The lowest BCUT2D eigenvalue weighted by molar-refractivity contribution is -0.135. The number of hydrogen-bond donors (Lipinski definition) is 1. The number of carboxylic acids is 1. The molecule has 1 N–H and O–H groups in total. The van der Waals surface area contributed by atoms with E-state index in [1.807, 2.05) is 49.4 Å². The van der Waals surface area contributed by atoms with E-state index in [-0.39, 0.29) is 12.3 Å². The van der Waals surface area contributed by atoms with Crippen LogP contribution in [0.2, 0.25) is 0 Å². The third-order valence-corrected chi connectivity index (χ3v) is 3.67. The molecule has 1 unspecified atom stereocenters. The molecule has 0 aromatic heterocycles. The van der Waals surface area contributed by atoms with Gasteiger partial charge in [-0.1, -0.05) is 53.6 Å². The Morgan fingerprint density at radius 1 is 0.958 bits per heavy atom. The minimum Gasteiger partial charge on any atom is -0.480 e. The molecule has 0 heterocycles. The Labute approximate surface area is 143 Å². The van der Waals surface area contributed by atoms with Crippen molar-refractivity contribution >= 4 is 17.4 Å². The fourth-order valence-electron chi connectivity index (χ4n) is 2.09. The number of carbonyl (C=O) groups excluding carboxylic acids is 1. The smallest absolute Gasteiger partial charge is 0.323 e. The van der Waals surface area contributed by atoms with Gasteiger partial charge in [-0.2, -0.15) is 0 Å². The lowest BCUT2D eigenvalue weighted by atomic mass is 10.1. The summed E-state index contributed by atoms with van der Waals surface area (Å²) < 4.78 is 0. The molecule has 0 radical (unpaired) electrons. The normalized spacial score (nSPS) is 11.0. The molecule has 0 spiro atoms. The summed E-state index contributed by atoms with van der Waals surface area (Å²) in [6.45, 7) is 7.04. The van der Waals surface area contributed by atoms with Gasteiger partial charge in [0.05, 0.1) is 6.04 Å². The Hall–Kier alpha value is -2.62. The van der Waals surface area contributed by atoms with E-state index in [0.29, 0.717) is 0 Å². The summed E-state index contributed by atoms with van der Waals surface area (Å²) in [7, 11) is 0. The number of carbonyl (C=O) groups is 2. The molecule has 1 atom stereocenters. The fourth-order valence-corrected chi connectivity index (χ4v) is 2.09. The molecule has 4 nitrogen and oxygen atoms in total. The number of anilines is 1. The van der Waals surface area contributed by atoms with Crippen molar-refractivity contribution in [2.75, 3.05) is 11.4 Å². The molecule has 0 aliphatic rings. The zero-order valence-electron chi connectivity index (χ0n) is 14.7. The molecule has 2 rings (SSSR count). The van der Waals surface area contributed by atoms with Crippen LogP contribution in [0.5, 0.6) is 0 Å². The highest BCUT2D eigenvalue weighted by Crippen LogP contribution is 2.18. The van der Waals surface area contributed by atoms with Gasteiger partial charge >= 0.3 is 5.97 Å². The minimum absolute atomic E-state index is 0.0492. The predicted octanol–water partition coefficient (Wildman–Crippen LogP) is 3.86. The molecular weight excluding hydrogens is 302 g/mol. The first-order valence-corrected chi connectivity index (χ1v) is 7.88. The van der Waals surface area contributed by atoms with E-state index < -0.39 is 12.0 Å². The lowest BCUT2D eigenvalue weighted by Gasteiger charge is -2.28. The van der Waals surface area contributed by atoms with E-state index in [9.17, 15) is 9.59 Å². The number of aliphatic carboxylic acids is 1. The van der Waals surface area contributed by atoms with Crippen molar-refractivity contribution in [1.29, 1.82) is 0 Å². The molecule has 0 fully saturated rings. The van der Waals surface area contributed by atoms with Crippen molar-refractivity contribution in [2.24, 2.45) is 0 Å². The fraction of sp³-hybridized carbons (Fsp3) is 0.300. The molecule has 2 aromatic rings. The molecular formula is C20H25NO3. The predicted molar refractivity (Wildman–Crippen MR) is 97.5 cm³/mol. The molecule has 0 aliphatic carbocycles. The molecule has 2 aromatic carbocycles. The van der Waals surface area contributed by atoms with Crippen molar-refractivity contribution < 1.29 is 14.7 Å². The van der Waals surface area contributed by atoms with Crippen molar-refractivity contribution in [1.82, 2.24) is 0 Å². The van der Waals surface area contributed by atoms with E-state index in [2.05, 4.69) is 19.1 Å². The van der Waals surface area contributed by atoms with Crippen LogP contribution in [-0.2, 0) is 9.59 Å². The van der Waals surface area contributed by atoms with Gasteiger partial charge in [0.25, 0.3) is 0 Å². The number of aryl methyl sites for hydroxylation is 2. The summed E-state index contributed by atoms with van der Waals surface area (Å²) >= 11 is 0. The monoisotopic (exact) mass is 327 g/mol. The van der Waals surface area contributed by atoms with Gasteiger partial charge < -0.3 is 10.0 Å². The summed E-state index contributed by atoms with van der Waals surface area (Å²) in [5.41, 5.74) is 3.17. The molecule has 4 heteroatoms. The third-order valence-electron chi connectivity index (χ3n) is 3.67. The zero-order chi connectivity index (χ0) is 18.1. The largest absolute Gasteiger partial charge is 0.480 e. The van der Waals surface area contributed by atoms with Crippen LogP contribution < -0.4 is 4.90 Å². The number of carboxylic acid groups (broad SMARTS) is 1. The van der Waals surface area contributed by atoms with Crippen LogP contribution in [0.15, 0.2) is 54.6 Å². The Morgan fingerprint density at radius 2 is 1.46 bits per heavy atom. The Balaban J connectivity index is 0.000000341. The third kappa shape index (κ3) is 6.65.